The van der Waals surface area contributed by atoms with Crippen LogP contribution in [-0.4, -0.2) is 30.2 Å². The summed E-state index contributed by atoms with van der Waals surface area (Å²) in [5.41, 5.74) is 7.37. The molecule has 6 heteroatoms. The maximum Gasteiger partial charge on any atom is 0.223 e. The zero-order valence-corrected chi connectivity index (χ0v) is 11.4. The quantitative estimate of drug-likeness (QED) is 0.385. The highest BCUT2D eigenvalue weighted by Crippen LogP contribution is 2.28. The molecule has 0 aliphatic carbocycles. The molecule has 0 amide bonds. The van der Waals surface area contributed by atoms with E-state index in [2.05, 4.69) is 23.3 Å². The Bertz CT molecular complexity index is 491. The second-order valence-electron chi connectivity index (χ2n) is 3.64. The van der Waals surface area contributed by atoms with Gasteiger partial charge in [-0.3, -0.25) is 0 Å². The van der Waals surface area contributed by atoms with Crippen LogP contribution in [-0.2, 0) is 11.3 Å². The molecule has 0 saturated carbocycles. The Kier molecular flexibility index (Phi) is 5.12. The van der Waals surface area contributed by atoms with E-state index in [-0.39, 0.29) is 5.29 Å². The van der Waals surface area contributed by atoms with Crippen LogP contribution in [0, 0.1) is 6.92 Å². The number of hydrogen-bond donors (Lipinski definition) is 1. The number of hydrogen-bond acceptors (Lipinski definition) is 3. The number of halogens is 1. The minimum Gasteiger partial charge on any atom is -0.495 e. The fourth-order valence-corrected chi connectivity index (χ4v) is 1.72. The highest BCUT2D eigenvalue weighted by atomic mass is 35.5. The Hall–Kier alpha value is -1.59. The van der Waals surface area contributed by atoms with Crippen molar-refractivity contribution in [1.29, 1.82) is 0 Å². The van der Waals surface area contributed by atoms with Crippen molar-refractivity contribution in [3.63, 3.8) is 0 Å². The van der Waals surface area contributed by atoms with Crippen molar-refractivity contribution in [2.45, 2.75) is 13.5 Å². The van der Waals surface area contributed by atoms with Crippen molar-refractivity contribution >= 4 is 35.2 Å². The molecule has 0 aliphatic heterocycles. The van der Waals surface area contributed by atoms with E-state index in [9.17, 15) is 0 Å². The Morgan fingerprint density at radius 1 is 1.61 bits per heavy atom. The second-order valence-corrected chi connectivity index (χ2v) is 3.98. The lowest BCUT2D eigenvalue weighted by molar-refractivity contribution is 0.367. The molecule has 0 fully saturated rings. The lowest BCUT2D eigenvalue weighted by atomic mass is 10.3. The molecule has 98 valence electrons. The minimum absolute atomic E-state index is 0.0871. The maximum absolute atomic E-state index is 5.79. The van der Waals surface area contributed by atoms with Crippen LogP contribution in [0.4, 0.5) is 5.82 Å². The van der Waals surface area contributed by atoms with Crippen LogP contribution in [0.25, 0.3) is 5.76 Å². The normalized spacial score (nSPS) is 11.4. The van der Waals surface area contributed by atoms with Gasteiger partial charge in [0.05, 0.1) is 12.8 Å². The number of amidine groups is 1. The van der Waals surface area contributed by atoms with Gasteiger partial charge < -0.3 is 15.0 Å². The van der Waals surface area contributed by atoms with Gasteiger partial charge in [0.1, 0.15) is 11.6 Å². The standard InChI is InChI=1S/C12H17ClN4O/c1-8-7-10(9(2)18-4)17(6-5-14)11(8)16-12(13)15-3/h7H,2-3,5-6,14H2,1,4H3/b16-12-. The highest BCUT2D eigenvalue weighted by Gasteiger charge is 2.14. The molecule has 1 rings (SSSR count). The summed E-state index contributed by atoms with van der Waals surface area (Å²) in [5.74, 6) is 1.24. The third-order valence-electron chi connectivity index (χ3n) is 2.47. The molecule has 2 N–H and O–H groups in total. The third-order valence-corrected chi connectivity index (χ3v) is 2.67. The van der Waals surface area contributed by atoms with Gasteiger partial charge in [0.15, 0.2) is 0 Å². The number of aryl methyl sites for hydroxylation is 1. The number of methoxy groups -OCH3 is 1. The van der Waals surface area contributed by atoms with Gasteiger partial charge in [0.25, 0.3) is 0 Å². The van der Waals surface area contributed by atoms with Crippen molar-refractivity contribution in [2.24, 2.45) is 15.7 Å². The van der Waals surface area contributed by atoms with Crippen LogP contribution in [0.1, 0.15) is 11.3 Å². The second kappa shape index (κ2) is 6.37. The van der Waals surface area contributed by atoms with E-state index in [1.807, 2.05) is 17.6 Å². The van der Waals surface area contributed by atoms with Crippen molar-refractivity contribution in [3.05, 3.63) is 23.9 Å². The van der Waals surface area contributed by atoms with E-state index in [1.54, 1.807) is 7.11 Å². The summed E-state index contributed by atoms with van der Waals surface area (Å²) in [6, 6.07) is 1.92. The molecule has 1 heterocycles. The van der Waals surface area contributed by atoms with E-state index < -0.39 is 0 Å². The first kappa shape index (κ1) is 14.5. The summed E-state index contributed by atoms with van der Waals surface area (Å²) in [6.07, 6.45) is 0. The molecule has 0 aliphatic rings. The summed E-state index contributed by atoms with van der Waals surface area (Å²) >= 11 is 5.79. The van der Waals surface area contributed by atoms with E-state index in [0.29, 0.717) is 24.7 Å². The molecule has 0 unspecified atom stereocenters. The van der Waals surface area contributed by atoms with Crippen LogP contribution in [0.2, 0.25) is 0 Å². The Morgan fingerprint density at radius 2 is 2.28 bits per heavy atom. The Balaban J connectivity index is 3.36. The van der Waals surface area contributed by atoms with Crippen LogP contribution in [0.15, 0.2) is 22.6 Å². The fourth-order valence-electron chi connectivity index (χ4n) is 1.64. The predicted molar refractivity (Wildman–Crippen MR) is 76.8 cm³/mol. The smallest absolute Gasteiger partial charge is 0.223 e. The van der Waals surface area contributed by atoms with Gasteiger partial charge >= 0.3 is 0 Å². The lowest BCUT2D eigenvalue weighted by Gasteiger charge is -2.11. The molecule has 0 bridgehead atoms. The predicted octanol–water partition coefficient (Wildman–Crippen LogP) is 2.30. The largest absolute Gasteiger partial charge is 0.495 e. The molecule has 0 spiro atoms. The van der Waals surface area contributed by atoms with Crippen molar-refractivity contribution in [1.82, 2.24) is 4.57 Å². The van der Waals surface area contributed by atoms with E-state index in [4.69, 9.17) is 22.1 Å². The average Bonchev–Trinajstić information content (AvgIpc) is 2.67. The summed E-state index contributed by atoms with van der Waals surface area (Å²) in [4.78, 5) is 7.76. The van der Waals surface area contributed by atoms with Crippen molar-refractivity contribution in [2.75, 3.05) is 13.7 Å². The molecule has 18 heavy (non-hydrogen) atoms. The minimum atomic E-state index is 0.0871. The number of nitrogens with zero attached hydrogens (tertiary/aromatic N) is 3. The summed E-state index contributed by atoms with van der Waals surface area (Å²) in [6.45, 7) is 10.2. The Labute approximate surface area is 112 Å². The van der Waals surface area contributed by atoms with Gasteiger partial charge in [-0.2, -0.15) is 0 Å². The number of aromatic nitrogens is 1. The van der Waals surface area contributed by atoms with E-state index in [1.165, 1.54) is 0 Å². The number of nitrogens with two attached hydrogens (primary N) is 1. The van der Waals surface area contributed by atoms with Gasteiger partial charge in [-0.15, -0.1) is 0 Å². The summed E-state index contributed by atoms with van der Waals surface area (Å²) < 4.78 is 7.05. The zero-order valence-electron chi connectivity index (χ0n) is 10.6. The highest BCUT2D eigenvalue weighted by molar-refractivity contribution is 6.65. The molecule has 5 nitrogen and oxygen atoms in total. The van der Waals surface area contributed by atoms with E-state index >= 15 is 0 Å². The first-order valence-electron chi connectivity index (χ1n) is 5.39. The first-order chi connectivity index (χ1) is 8.54. The van der Waals surface area contributed by atoms with Crippen LogP contribution < -0.4 is 5.73 Å². The van der Waals surface area contributed by atoms with E-state index in [0.717, 1.165) is 11.3 Å². The topological polar surface area (TPSA) is 64.9 Å². The van der Waals surface area contributed by atoms with Gasteiger partial charge in [-0.25, -0.2) is 9.98 Å². The third kappa shape index (κ3) is 3.00. The molecule has 1 aromatic rings. The van der Waals surface area contributed by atoms with Gasteiger partial charge in [-0.1, -0.05) is 6.58 Å². The monoisotopic (exact) mass is 268 g/mol. The fraction of sp³-hybridized carbons (Fsp3) is 0.333. The Morgan fingerprint density at radius 3 is 2.78 bits per heavy atom. The molecule has 0 radical (unpaired) electrons. The summed E-state index contributed by atoms with van der Waals surface area (Å²) in [5, 5.41) is 0.0871. The molecular formula is C12H17ClN4O. The van der Waals surface area contributed by atoms with Crippen molar-refractivity contribution < 1.29 is 4.74 Å². The van der Waals surface area contributed by atoms with Crippen LogP contribution in [0.5, 0.6) is 0 Å². The average molecular weight is 269 g/mol. The van der Waals surface area contributed by atoms with Crippen LogP contribution >= 0.6 is 11.6 Å². The number of rotatable bonds is 5. The first-order valence-corrected chi connectivity index (χ1v) is 5.77. The molecule has 0 atom stereocenters. The number of ether oxygens (including phenoxy) is 1. The molecule has 1 aromatic heterocycles. The van der Waals surface area contributed by atoms with Crippen LogP contribution in [0.3, 0.4) is 0 Å². The lowest BCUT2D eigenvalue weighted by Crippen LogP contribution is -2.12. The molecule has 0 aromatic carbocycles. The van der Waals surface area contributed by atoms with Crippen molar-refractivity contribution in [3.8, 4) is 0 Å². The number of aliphatic imine (C=N–C) groups is 2. The molecular weight excluding hydrogens is 252 g/mol. The van der Waals surface area contributed by atoms with Gasteiger partial charge in [0.2, 0.25) is 5.29 Å². The zero-order chi connectivity index (χ0) is 13.7. The van der Waals surface area contributed by atoms with Gasteiger partial charge in [-0.05, 0) is 36.9 Å². The maximum atomic E-state index is 5.79. The SMILES string of the molecule is C=N/C(Cl)=N\c1c(C)cc(C(=C)OC)n1CCN. The van der Waals surface area contributed by atoms with Gasteiger partial charge in [0, 0.05) is 13.1 Å². The molecule has 0 saturated heterocycles. The summed E-state index contributed by atoms with van der Waals surface area (Å²) in [7, 11) is 1.57.